The Morgan fingerprint density at radius 2 is 1.69 bits per heavy atom. The Kier molecular flexibility index (Phi) is 7.20. The molecule has 3 aromatic rings. The van der Waals surface area contributed by atoms with Gasteiger partial charge in [-0.15, -0.1) is 0 Å². The van der Waals surface area contributed by atoms with E-state index in [1.807, 2.05) is 19.1 Å². The molecule has 2 unspecified atom stereocenters. The number of carboxylic acids is 1. The van der Waals surface area contributed by atoms with Crippen molar-refractivity contribution in [2.45, 2.75) is 69.9 Å². The van der Waals surface area contributed by atoms with Gasteiger partial charge in [0.15, 0.2) is 0 Å². The summed E-state index contributed by atoms with van der Waals surface area (Å²) in [6.07, 6.45) is 0.587. The lowest BCUT2D eigenvalue weighted by Crippen LogP contribution is -2.65. The van der Waals surface area contributed by atoms with E-state index in [9.17, 15) is 27.9 Å². The highest BCUT2D eigenvalue weighted by Crippen LogP contribution is 2.64. The quantitative estimate of drug-likeness (QED) is 0.284. The van der Waals surface area contributed by atoms with Gasteiger partial charge in [0.25, 0.3) is 5.91 Å². The number of hydrogen-bond donors (Lipinski definition) is 2. The first-order chi connectivity index (χ1) is 20.0. The second-order valence-corrected chi connectivity index (χ2v) is 12.3. The zero-order valence-electron chi connectivity index (χ0n) is 23.4. The molecule has 1 amide bonds. The largest absolute Gasteiger partial charge is 0.487 e. The highest BCUT2D eigenvalue weighted by Gasteiger charge is 2.62. The number of benzene rings is 3. The van der Waals surface area contributed by atoms with Crippen LogP contribution < -0.4 is 10.1 Å². The lowest BCUT2D eigenvalue weighted by Gasteiger charge is -2.63. The van der Waals surface area contributed by atoms with Gasteiger partial charge in [0, 0.05) is 17.4 Å². The lowest BCUT2D eigenvalue weighted by molar-refractivity contribution is -0.201. The summed E-state index contributed by atoms with van der Waals surface area (Å²) in [4.78, 5) is 26.7. The number of carboxylic acid groups (broad SMARTS) is 1. The van der Waals surface area contributed by atoms with Crippen molar-refractivity contribution in [1.29, 1.82) is 0 Å². The summed E-state index contributed by atoms with van der Waals surface area (Å²) in [5.74, 6) is -0.618. The fourth-order valence-electron chi connectivity index (χ4n) is 8.27. The third-order valence-electron chi connectivity index (χ3n) is 9.43. The van der Waals surface area contributed by atoms with Gasteiger partial charge in [0.1, 0.15) is 18.4 Å². The normalized spacial score (nSPS) is 27.1. The van der Waals surface area contributed by atoms with Crippen LogP contribution >= 0.6 is 0 Å². The van der Waals surface area contributed by atoms with Crippen LogP contribution in [0.1, 0.15) is 66.9 Å². The number of carbonyl (C=O) groups is 2. The van der Waals surface area contributed by atoms with Crippen molar-refractivity contribution in [3.8, 4) is 5.75 Å². The minimum absolute atomic E-state index is 0.0705. The first-order valence-electron chi connectivity index (χ1n) is 14.5. The van der Waals surface area contributed by atoms with Gasteiger partial charge in [-0.2, -0.15) is 13.2 Å². The summed E-state index contributed by atoms with van der Waals surface area (Å²) < 4.78 is 51.4. The number of halogens is 3. The molecule has 7 rings (SSSR count). The Balaban J connectivity index is 1.29. The highest BCUT2D eigenvalue weighted by atomic mass is 19.4. The van der Waals surface area contributed by atoms with Crippen molar-refractivity contribution in [2.24, 2.45) is 17.3 Å². The molecule has 42 heavy (non-hydrogen) atoms. The molecule has 2 N–H and O–H groups in total. The molecule has 4 bridgehead atoms. The Bertz CT molecular complexity index is 1490. The first kappa shape index (κ1) is 28.5. The zero-order chi connectivity index (χ0) is 29.7. The van der Waals surface area contributed by atoms with Crippen LogP contribution in [0.15, 0.2) is 60.7 Å². The van der Waals surface area contributed by atoms with E-state index in [4.69, 9.17) is 9.47 Å². The maximum Gasteiger partial charge on any atom is 0.416 e. The summed E-state index contributed by atoms with van der Waals surface area (Å²) in [6, 6.07) is 14.3. The lowest BCUT2D eigenvalue weighted by atomic mass is 9.46. The maximum absolute atomic E-state index is 13.9. The molecule has 6 nitrogen and oxygen atoms in total. The van der Waals surface area contributed by atoms with Crippen LogP contribution in [0.4, 0.5) is 13.2 Å². The number of nitrogens with one attached hydrogen (secondary N) is 1. The van der Waals surface area contributed by atoms with Gasteiger partial charge in [-0.1, -0.05) is 42.5 Å². The minimum atomic E-state index is -4.44. The Morgan fingerprint density at radius 3 is 2.33 bits per heavy atom. The average molecular weight is 582 g/mol. The van der Waals surface area contributed by atoms with E-state index in [1.165, 1.54) is 12.1 Å². The fraction of sp³-hybridized carbons (Fsp3) is 0.455. The smallest absolute Gasteiger partial charge is 0.416 e. The molecule has 4 saturated carbocycles. The number of ether oxygens (including phenoxy) is 2. The van der Waals surface area contributed by atoms with Gasteiger partial charge in [-0.3, -0.25) is 4.79 Å². The van der Waals surface area contributed by atoms with Crippen LogP contribution in [0.2, 0.25) is 0 Å². The second-order valence-electron chi connectivity index (χ2n) is 12.3. The van der Waals surface area contributed by atoms with Crippen LogP contribution in [-0.2, 0) is 22.3 Å². The van der Waals surface area contributed by atoms with E-state index in [-0.39, 0.29) is 23.5 Å². The molecule has 0 saturated heterocycles. The molecule has 0 radical (unpaired) electrons. The van der Waals surface area contributed by atoms with Gasteiger partial charge < -0.3 is 19.9 Å². The SMILES string of the molecule is CCOC12CC3CC(C1)CC([C@H](NC(=O)c1ccc4ccccc4c1OCc1ccc(C(F)(F)F)cc1)C(=O)O)(C3)C2. The molecule has 0 spiro atoms. The number of alkyl halides is 3. The van der Waals surface area contributed by atoms with Crippen LogP contribution in [0, 0.1) is 17.3 Å². The zero-order valence-corrected chi connectivity index (χ0v) is 23.4. The Labute approximate surface area is 242 Å². The molecule has 4 aliphatic rings. The molecule has 0 aliphatic heterocycles. The Hall–Kier alpha value is -3.59. The molecule has 0 aromatic heterocycles. The molecular formula is C33H34F3NO5. The average Bonchev–Trinajstić information content (AvgIpc) is 2.93. The monoisotopic (exact) mass is 581 g/mol. The Morgan fingerprint density at radius 1 is 1.00 bits per heavy atom. The second kappa shape index (κ2) is 10.6. The molecule has 3 atom stereocenters. The fourth-order valence-corrected chi connectivity index (χ4v) is 8.27. The maximum atomic E-state index is 13.9. The third-order valence-corrected chi connectivity index (χ3v) is 9.43. The number of amides is 1. The summed E-state index contributed by atoms with van der Waals surface area (Å²) >= 11 is 0. The van der Waals surface area contributed by atoms with E-state index in [0.29, 0.717) is 35.8 Å². The number of aliphatic carboxylic acids is 1. The standard InChI is InChI=1S/C33H34F3NO5/c1-2-42-32-16-21-13-22(17-32)15-31(14-21,19-32)28(30(39)40)37-29(38)26-12-9-23-5-3-4-6-25(23)27(26)41-18-20-7-10-24(11-8-20)33(34,35)36/h3-12,21-22,28H,2,13-19H2,1H3,(H,37,38)(H,39,40)/t21?,22?,28-,31?,32?/m1/s1. The summed E-state index contributed by atoms with van der Waals surface area (Å²) in [5, 5.41) is 14.8. The van der Waals surface area contributed by atoms with Crippen molar-refractivity contribution in [1.82, 2.24) is 5.32 Å². The topological polar surface area (TPSA) is 84.9 Å². The van der Waals surface area contributed by atoms with Gasteiger partial charge in [-0.05, 0) is 86.4 Å². The summed E-state index contributed by atoms with van der Waals surface area (Å²) in [5.41, 5.74) is -1.02. The van der Waals surface area contributed by atoms with Crippen molar-refractivity contribution in [2.75, 3.05) is 6.61 Å². The molecule has 0 heterocycles. The van der Waals surface area contributed by atoms with Gasteiger partial charge in [-0.25, -0.2) is 4.79 Å². The first-order valence-corrected chi connectivity index (χ1v) is 14.5. The van der Waals surface area contributed by atoms with Gasteiger partial charge in [0.2, 0.25) is 0 Å². The molecular weight excluding hydrogens is 547 g/mol. The van der Waals surface area contributed by atoms with Crippen LogP contribution in [0.3, 0.4) is 0 Å². The van der Waals surface area contributed by atoms with Gasteiger partial charge >= 0.3 is 12.1 Å². The van der Waals surface area contributed by atoms with Crippen LogP contribution in [-0.4, -0.2) is 35.2 Å². The van der Waals surface area contributed by atoms with Gasteiger partial charge in [0.05, 0.1) is 16.7 Å². The van der Waals surface area contributed by atoms with Crippen molar-refractivity contribution in [3.63, 3.8) is 0 Å². The summed E-state index contributed by atoms with van der Waals surface area (Å²) in [7, 11) is 0. The van der Waals surface area contributed by atoms with E-state index < -0.39 is 35.1 Å². The summed E-state index contributed by atoms with van der Waals surface area (Å²) in [6.45, 7) is 2.46. The number of rotatable bonds is 9. The molecule has 4 fully saturated rings. The molecule has 9 heteroatoms. The van der Waals surface area contributed by atoms with Crippen LogP contribution in [0.25, 0.3) is 10.8 Å². The number of fused-ring (bicyclic) bond motifs is 1. The predicted molar refractivity (Wildman–Crippen MR) is 150 cm³/mol. The van der Waals surface area contributed by atoms with Crippen LogP contribution in [0.5, 0.6) is 5.75 Å². The minimum Gasteiger partial charge on any atom is -0.487 e. The van der Waals surface area contributed by atoms with E-state index >= 15 is 0 Å². The van der Waals surface area contributed by atoms with E-state index in [0.717, 1.165) is 49.6 Å². The molecule has 3 aromatic carbocycles. The molecule has 4 aliphatic carbocycles. The number of carbonyl (C=O) groups excluding carboxylic acids is 1. The van der Waals surface area contributed by atoms with E-state index in [1.54, 1.807) is 24.3 Å². The van der Waals surface area contributed by atoms with Crippen molar-refractivity contribution >= 4 is 22.6 Å². The predicted octanol–water partition coefficient (Wildman–Crippen LogP) is 7.00. The highest BCUT2D eigenvalue weighted by molar-refractivity contribution is 6.05. The molecule has 222 valence electrons. The van der Waals surface area contributed by atoms with Crippen molar-refractivity contribution in [3.05, 3.63) is 77.4 Å². The third kappa shape index (κ3) is 5.23. The van der Waals surface area contributed by atoms with Crippen molar-refractivity contribution < 1.29 is 37.3 Å². The van der Waals surface area contributed by atoms with E-state index in [2.05, 4.69) is 5.32 Å². The number of hydrogen-bond acceptors (Lipinski definition) is 4.